The van der Waals surface area contributed by atoms with Crippen molar-refractivity contribution in [2.24, 2.45) is 0 Å². The molecule has 1 aliphatic heterocycles. The quantitative estimate of drug-likeness (QED) is 0.651. The molecule has 0 fully saturated rings. The summed E-state index contributed by atoms with van der Waals surface area (Å²) in [6.07, 6.45) is 0. The Morgan fingerprint density at radius 3 is 2.48 bits per heavy atom. The number of hydrogen-bond donors (Lipinski definition) is 3. The second-order valence-electron chi connectivity index (χ2n) is 6.89. The van der Waals surface area contributed by atoms with Crippen molar-refractivity contribution in [1.29, 1.82) is 0 Å². The fourth-order valence-electron chi connectivity index (χ4n) is 3.35. The van der Waals surface area contributed by atoms with Crippen molar-refractivity contribution in [3.05, 3.63) is 64.4 Å². The second kappa shape index (κ2) is 8.53. The van der Waals surface area contributed by atoms with E-state index in [2.05, 4.69) is 16.0 Å². The summed E-state index contributed by atoms with van der Waals surface area (Å²) in [5.41, 5.74) is 5.05. The van der Waals surface area contributed by atoms with Crippen LogP contribution in [0.5, 0.6) is 11.5 Å². The van der Waals surface area contributed by atoms with Gasteiger partial charge in [0.1, 0.15) is 0 Å². The van der Waals surface area contributed by atoms with Gasteiger partial charge in [0.25, 0.3) is 5.91 Å². The molecule has 3 N–H and O–H groups in total. The lowest BCUT2D eigenvalue weighted by Gasteiger charge is -2.31. The van der Waals surface area contributed by atoms with Gasteiger partial charge in [0.15, 0.2) is 16.6 Å². The van der Waals surface area contributed by atoms with E-state index in [4.69, 9.17) is 21.7 Å². The van der Waals surface area contributed by atoms with Gasteiger partial charge in [-0.25, -0.2) is 0 Å². The number of hydrogen-bond acceptors (Lipinski definition) is 4. The largest absolute Gasteiger partial charge is 0.493 e. The van der Waals surface area contributed by atoms with Crippen LogP contribution in [0.3, 0.4) is 0 Å². The molecule has 0 aromatic heterocycles. The highest BCUT2D eigenvalue weighted by Crippen LogP contribution is 2.34. The molecule has 0 saturated carbocycles. The van der Waals surface area contributed by atoms with E-state index < -0.39 is 6.04 Å². The highest BCUT2D eigenvalue weighted by atomic mass is 32.1. The molecule has 29 heavy (non-hydrogen) atoms. The monoisotopic (exact) mass is 411 g/mol. The topological polar surface area (TPSA) is 71.6 Å². The van der Waals surface area contributed by atoms with Gasteiger partial charge in [0.05, 0.1) is 25.8 Å². The summed E-state index contributed by atoms with van der Waals surface area (Å²) in [5.74, 6) is 1.01. The summed E-state index contributed by atoms with van der Waals surface area (Å²) in [5, 5.41) is 9.76. The minimum atomic E-state index is -0.423. The molecule has 6 nitrogen and oxygen atoms in total. The Hall–Kier alpha value is -3.06. The summed E-state index contributed by atoms with van der Waals surface area (Å²) in [4.78, 5) is 13.3. The molecule has 1 aliphatic rings. The number of methoxy groups -OCH3 is 2. The Labute approximate surface area is 176 Å². The molecular weight excluding hydrogens is 386 g/mol. The van der Waals surface area contributed by atoms with Crippen LogP contribution >= 0.6 is 12.2 Å². The van der Waals surface area contributed by atoms with Crippen molar-refractivity contribution >= 4 is 28.9 Å². The maximum absolute atomic E-state index is 13.3. The van der Waals surface area contributed by atoms with E-state index in [0.717, 1.165) is 22.4 Å². The van der Waals surface area contributed by atoms with Crippen molar-refractivity contribution in [2.45, 2.75) is 26.8 Å². The summed E-state index contributed by atoms with van der Waals surface area (Å²) < 4.78 is 10.7. The lowest BCUT2D eigenvalue weighted by Crippen LogP contribution is -2.45. The van der Waals surface area contributed by atoms with E-state index >= 15 is 0 Å². The third-order valence-corrected chi connectivity index (χ3v) is 5.33. The summed E-state index contributed by atoms with van der Waals surface area (Å²) in [7, 11) is 3.17. The van der Waals surface area contributed by atoms with Crippen LogP contribution in [0.15, 0.2) is 47.7 Å². The van der Waals surface area contributed by atoms with Gasteiger partial charge in [-0.15, -0.1) is 0 Å². The molecule has 2 aromatic rings. The van der Waals surface area contributed by atoms with Gasteiger partial charge in [0, 0.05) is 11.4 Å². The van der Waals surface area contributed by atoms with E-state index in [1.807, 2.05) is 57.2 Å². The SMILES string of the molecule is COc1ccc([C@H]2NC(=S)NC(C)=C2C(=O)Nc2cccc(C)c2C)cc1OC. The Balaban J connectivity index is 2.00. The summed E-state index contributed by atoms with van der Waals surface area (Å²) in [6.45, 7) is 5.85. The summed E-state index contributed by atoms with van der Waals surface area (Å²) >= 11 is 5.33. The number of carbonyl (C=O) groups excluding carboxylic acids is 1. The minimum Gasteiger partial charge on any atom is -0.493 e. The van der Waals surface area contributed by atoms with E-state index in [0.29, 0.717) is 27.9 Å². The van der Waals surface area contributed by atoms with Gasteiger partial charge < -0.3 is 25.4 Å². The van der Waals surface area contributed by atoms with Gasteiger partial charge in [-0.2, -0.15) is 0 Å². The molecule has 1 atom stereocenters. The lowest BCUT2D eigenvalue weighted by molar-refractivity contribution is -0.113. The molecular formula is C22H25N3O3S. The van der Waals surface area contributed by atoms with Crippen molar-refractivity contribution in [3.8, 4) is 11.5 Å². The van der Waals surface area contributed by atoms with Crippen LogP contribution in [0.4, 0.5) is 5.69 Å². The number of ether oxygens (including phenoxy) is 2. The van der Waals surface area contributed by atoms with Gasteiger partial charge >= 0.3 is 0 Å². The molecule has 0 saturated heterocycles. The first-order valence-electron chi connectivity index (χ1n) is 9.23. The lowest BCUT2D eigenvalue weighted by atomic mass is 9.94. The van der Waals surface area contributed by atoms with Crippen LogP contribution in [-0.2, 0) is 4.79 Å². The van der Waals surface area contributed by atoms with Gasteiger partial charge in [0.2, 0.25) is 0 Å². The summed E-state index contributed by atoms with van der Waals surface area (Å²) in [6, 6.07) is 11.0. The van der Waals surface area contributed by atoms with Crippen LogP contribution in [-0.4, -0.2) is 25.2 Å². The van der Waals surface area contributed by atoms with Crippen molar-refractivity contribution in [3.63, 3.8) is 0 Å². The Kier molecular flexibility index (Phi) is 6.08. The molecule has 2 aromatic carbocycles. The van der Waals surface area contributed by atoms with Crippen molar-refractivity contribution < 1.29 is 14.3 Å². The van der Waals surface area contributed by atoms with E-state index in [1.165, 1.54) is 0 Å². The molecule has 0 bridgehead atoms. The van der Waals surface area contributed by atoms with E-state index in [-0.39, 0.29) is 5.91 Å². The number of carbonyl (C=O) groups is 1. The number of benzene rings is 2. The van der Waals surface area contributed by atoms with Gasteiger partial charge in [-0.05, 0) is 67.9 Å². The number of rotatable bonds is 5. The Bertz CT molecular complexity index is 1000. The average Bonchev–Trinajstić information content (AvgIpc) is 2.70. The second-order valence-corrected chi connectivity index (χ2v) is 7.29. The fraction of sp³-hybridized carbons (Fsp3) is 0.273. The third-order valence-electron chi connectivity index (χ3n) is 5.11. The van der Waals surface area contributed by atoms with Gasteiger partial charge in [-0.3, -0.25) is 4.79 Å². The van der Waals surface area contributed by atoms with Crippen LogP contribution in [0.2, 0.25) is 0 Å². The number of aryl methyl sites for hydroxylation is 1. The normalized spacial score (nSPS) is 16.0. The molecule has 152 valence electrons. The molecule has 0 aliphatic carbocycles. The maximum Gasteiger partial charge on any atom is 0.255 e. The van der Waals surface area contributed by atoms with Gasteiger partial charge in [-0.1, -0.05) is 18.2 Å². The van der Waals surface area contributed by atoms with Crippen LogP contribution in [0.25, 0.3) is 0 Å². The van der Waals surface area contributed by atoms with Crippen molar-refractivity contribution in [2.75, 3.05) is 19.5 Å². The Morgan fingerprint density at radius 1 is 1.07 bits per heavy atom. The highest BCUT2D eigenvalue weighted by Gasteiger charge is 2.30. The highest BCUT2D eigenvalue weighted by molar-refractivity contribution is 7.80. The van der Waals surface area contributed by atoms with Crippen LogP contribution in [0, 0.1) is 13.8 Å². The fourth-order valence-corrected chi connectivity index (χ4v) is 3.62. The van der Waals surface area contributed by atoms with Crippen LogP contribution in [0.1, 0.15) is 29.7 Å². The minimum absolute atomic E-state index is 0.196. The average molecular weight is 412 g/mol. The first-order chi connectivity index (χ1) is 13.8. The number of allylic oxidation sites excluding steroid dienone is 1. The Morgan fingerprint density at radius 2 is 1.79 bits per heavy atom. The van der Waals surface area contributed by atoms with E-state index in [9.17, 15) is 4.79 Å². The first-order valence-corrected chi connectivity index (χ1v) is 9.64. The first kappa shape index (κ1) is 20.7. The third kappa shape index (κ3) is 4.19. The molecule has 0 unspecified atom stereocenters. The number of nitrogens with one attached hydrogen (secondary N) is 3. The van der Waals surface area contributed by atoms with Crippen molar-refractivity contribution in [1.82, 2.24) is 10.6 Å². The number of anilines is 1. The zero-order valence-corrected chi connectivity index (χ0v) is 18.0. The molecule has 3 rings (SSSR count). The zero-order valence-electron chi connectivity index (χ0n) is 17.2. The maximum atomic E-state index is 13.3. The zero-order chi connectivity index (χ0) is 21.1. The number of amides is 1. The molecule has 0 spiro atoms. The molecule has 1 heterocycles. The molecule has 7 heteroatoms. The number of thiocarbonyl (C=S) groups is 1. The standard InChI is InChI=1S/C22H25N3O3S/c1-12-7-6-8-16(13(12)2)24-21(26)19-14(3)23-22(29)25-20(19)15-9-10-17(27-4)18(11-15)28-5/h6-11,20H,1-5H3,(H,24,26)(H2,23,25,29)/t20-/m1/s1. The molecule has 0 radical (unpaired) electrons. The predicted molar refractivity (Wildman–Crippen MR) is 118 cm³/mol. The molecule has 1 amide bonds. The van der Waals surface area contributed by atoms with Crippen LogP contribution < -0.4 is 25.4 Å². The van der Waals surface area contributed by atoms with E-state index in [1.54, 1.807) is 14.2 Å². The predicted octanol–water partition coefficient (Wildman–Crippen LogP) is 3.75. The smallest absolute Gasteiger partial charge is 0.255 e.